The summed E-state index contributed by atoms with van der Waals surface area (Å²) in [5.41, 5.74) is 3.58. The number of carbonyl (C=O) groups is 1. The number of hydrogen-bond acceptors (Lipinski definition) is 4. The smallest absolute Gasteiger partial charge is 0.246 e. The van der Waals surface area contributed by atoms with E-state index >= 15 is 0 Å². The Kier molecular flexibility index (Phi) is 5.93. The average Bonchev–Trinajstić information content (AvgIpc) is 3.37. The van der Waals surface area contributed by atoms with Gasteiger partial charge < -0.3 is 4.79 Å². The lowest BCUT2D eigenvalue weighted by Crippen LogP contribution is -2.41. The fraction of sp³-hybridized carbons (Fsp3) is 0.308. The van der Waals surface area contributed by atoms with E-state index in [1.54, 1.807) is 23.0 Å². The molecule has 2 atom stereocenters. The van der Waals surface area contributed by atoms with Crippen LogP contribution in [-0.2, 0) is 21.2 Å². The van der Waals surface area contributed by atoms with Crippen LogP contribution in [0.4, 0.5) is 8.78 Å². The number of sulfonamides is 1. The van der Waals surface area contributed by atoms with Gasteiger partial charge in [-0.25, -0.2) is 21.9 Å². The van der Waals surface area contributed by atoms with E-state index < -0.39 is 20.7 Å². The molecule has 0 N–H and O–H groups in total. The van der Waals surface area contributed by atoms with Gasteiger partial charge in [-0.1, -0.05) is 24.6 Å². The number of halogens is 2. The van der Waals surface area contributed by atoms with Crippen LogP contribution in [0.3, 0.4) is 0 Å². The summed E-state index contributed by atoms with van der Waals surface area (Å²) in [5, 5.41) is 4.52. The minimum Gasteiger partial charge on any atom is -0.302 e. The Bertz CT molecular complexity index is 1420. The van der Waals surface area contributed by atoms with Crippen molar-refractivity contribution in [3.8, 4) is 5.69 Å². The Hall–Kier alpha value is -3.17. The van der Waals surface area contributed by atoms with Gasteiger partial charge >= 0.3 is 0 Å². The first-order valence-corrected chi connectivity index (χ1v) is 12.9. The fourth-order valence-corrected chi connectivity index (χ4v) is 6.88. The second kappa shape index (κ2) is 8.80. The van der Waals surface area contributed by atoms with Gasteiger partial charge in [0.1, 0.15) is 22.8 Å². The summed E-state index contributed by atoms with van der Waals surface area (Å²) >= 11 is 0. The molecule has 0 amide bonds. The molecule has 6 nitrogen and oxygen atoms in total. The monoisotopic (exact) mass is 497 g/mol. The number of rotatable bonds is 7. The Balaban J connectivity index is 1.45. The van der Waals surface area contributed by atoms with Crippen molar-refractivity contribution < 1.29 is 22.0 Å². The molecule has 2 aromatic carbocycles. The molecule has 35 heavy (non-hydrogen) atoms. The zero-order chi connectivity index (χ0) is 24.8. The van der Waals surface area contributed by atoms with Gasteiger partial charge in [0.2, 0.25) is 10.0 Å². The van der Waals surface area contributed by atoms with E-state index in [0.717, 1.165) is 40.2 Å². The van der Waals surface area contributed by atoms with E-state index in [1.807, 2.05) is 0 Å². The number of carbonyl (C=O) groups excluding carboxylic acids is 1. The Morgan fingerprint density at radius 3 is 2.63 bits per heavy atom. The molecule has 1 aromatic heterocycles. The minimum atomic E-state index is -4.18. The zero-order valence-corrected chi connectivity index (χ0v) is 20.0. The highest BCUT2D eigenvalue weighted by molar-refractivity contribution is 7.89. The lowest BCUT2D eigenvalue weighted by Gasteiger charge is -2.37. The average molecular weight is 498 g/mol. The molecule has 1 fully saturated rings. The number of aromatic nitrogens is 2. The van der Waals surface area contributed by atoms with Gasteiger partial charge in [-0.05, 0) is 78.6 Å². The Labute approximate surface area is 202 Å². The van der Waals surface area contributed by atoms with E-state index in [9.17, 15) is 22.0 Å². The first kappa shape index (κ1) is 23.6. The predicted molar refractivity (Wildman–Crippen MR) is 127 cm³/mol. The summed E-state index contributed by atoms with van der Waals surface area (Å²) in [6.45, 7) is 1.89. The minimum absolute atomic E-state index is 0.0578. The molecular weight excluding hydrogens is 472 g/mol. The van der Waals surface area contributed by atoms with Crippen LogP contribution >= 0.6 is 0 Å². The number of hydrogen-bond donors (Lipinski definition) is 0. The van der Waals surface area contributed by atoms with Crippen molar-refractivity contribution >= 4 is 22.4 Å². The molecule has 0 unspecified atom stereocenters. The SMILES string of the molecule is C[C@]12Cc3cnn(-c4ccc(F)cc4)c3C=C1CC[C@@H]2CN(CC=O)S(=O)(=O)c1ccccc1F. The lowest BCUT2D eigenvalue weighted by molar-refractivity contribution is -0.108. The second-order valence-electron chi connectivity index (χ2n) is 9.36. The van der Waals surface area contributed by atoms with Crippen LogP contribution in [0, 0.1) is 23.0 Å². The van der Waals surface area contributed by atoms with Crippen LogP contribution < -0.4 is 0 Å². The number of fused-ring (bicyclic) bond motifs is 2. The zero-order valence-electron chi connectivity index (χ0n) is 19.2. The number of nitrogens with zero attached hydrogens (tertiary/aromatic N) is 3. The van der Waals surface area contributed by atoms with Crippen LogP contribution in [0.15, 0.2) is 65.2 Å². The van der Waals surface area contributed by atoms with Gasteiger partial charge in [0.15, 0.2) is 0 Å². The van der Waals surface area contributed by atoms with Gasteiger partial charge in [-0.2, -0.15) is 9.40 Å². The molecule has 182 valence electrons. The fourth-order valence-electron chi connectivity index (χ4n) is 5.41. The maximum Gasteiger partial charge on any atom is 0.246 e. The second-order valence-corrected chi connectivity index (χ2v) is 11.3. The number of allylic oxidation sites excluding steroid dienone is 1. The molecule has 0 bridgehead atoms. The van der Waals surface area contributed by atoms with E-state index in [1.165, 1.54) is 35.9 Å². The van der Waals surface area contributed by atoms with Crippen LogP contribution in [0.25, 0.3) is 11.8 Å². The summed E-state index contributed by atoms with van der Waals surface area (Å²) in [6, 6.07) is 11.4. The van der Waals surface area contributed by atoms with E-state index in [-0.39, 0.29) is 30.2 Å². The molecule has 5 rings (SSSR count). The van der Waals surface area contributed by atoms with Gasteiger partial charge in [-0.15, -0.1) is 0 Å². The molecule has 0 saturated heterocycles. The summed E-state index contributed by atoms with van der Waals surface area (Å²) in [4.78, 5) is 11.0. The molecule has 0 radical (unpaired) electrons. The molecule has 0 aliphatic heterocycles. The highest BCUT2D eigenvalue weighted by Gasteiger charge is 2.47. The van der Waals surface area contributed by atoms with Gasteiger partial charge in [0, 0.05) is 6.54 Å². The molecule has 3 aromatic rings. The van der Waals surface area contributed by atoms with Crippen LogP contribution in [0.2, 0.25) is 0 Å². The predicted octanol–water partition coefficient (Wildman–Crippen LogP) is 4.40. The Morgan fingerprint density at radius 2 is 1.91 bits per heavy atom. The summed E-state index contributed by atoms with van der Waals surface area (Å²) in [5.74, 6) is -1.21. The van der Waals surface area contributed by atoms with Crippen LogP contribution in [0.1, 0.15) is 31.0 Å². The van der Waals surface area contributed by atoms with Crippen molar-refractivity contribution in [3.63, 3.8) is 0 Å². The molecule has 0 spiro atoms. The number of benzene rings is 2. The normalized spacial score (nSPS) is 21.5. The van der Waals surface area contributed by atoms with Crippen molar-refractivity contribution in [3.05, 3.63) is 83.2 Å². The van der Waals surface area contributed by atoms with Gasteiger partial charge in [0.05, 0.1) is 24.1 Å². The highest BCUT2D eigenvalue weighted by Crippen LogP contribution is 2.53. The summed E-state index contributed by atoms with van der Waals surface area (Å²) in [7, 11) is -4.18. The van der Waals surface area contributed by atoms with Crippen molar-refractivity contribution in [2.45, 2.75) is 31.1 Å². The van der Waals surface area contributed by atoms with E-state index in [4.69, 9.17) is 0 Å². The van der Waals surface area contributed by atoms with E-state index in [0.29, 0.717) is 12.7 Å². The third kappa shape index (κ3) is 4.02. The number of aldehydes is 1. The van der Waals surface area contributed by atoms with Crippen LogP contribution in [-0.4, -0.2) is 41.9 Å². The van der Waals surface area contributed by atoms with Gasteiger partial charge in [-0.3, -0.25) is 0 Å². The van der Waals surface area contributed by atoms with Crippen molar-refractivity contribution in [2.75, 3.05) is 13.1 Å². The molecule has 1 saturated carbocycles. The summed E-state index contributed by atoms with van der Waals surface area (Å²) < 4.78 is 57.1. The summed E-state index contributed by atoms with van der Waals surface area (Å²) in [6.07, 6.45) is 6.63. The lowest BCUT2D eigenvalue weighted by atomic mass is 9.70. The first-order chi connectivity index (χ1) is 16.7. The standard InChI is InChI=1S/C26H25F2N3O3S/c1-26-15-18-16-29-31(22-10-8-21(27)9-11-22)24(18)14-19(26)6-7-20(26)17-30(12-13-32)35(33,34)25-5-3-2-4-23(25)28/h2-5,8-11,13-14,16,20H,6-7,12,15,17H2,1H3/t20-,26+/m1/s1. The maximum atomic E-state index is 14.3. The first-order valence-electron chi connectivity index (χ1n) is 11.5. The highest BCUT2D eigenvalue weighted by atomic mass is 32.2. The Morgan fingerprint density at radius 1 is 1.17 bits per heavy atom. The topological polar surface area (TPSA) is 72.3 Å². The van der Waals surface area contributed by atoms with E-state index in [2.05, 4.69) is 18.1 Å². The third-order valence-electron chi connectivity index (χ3n) is 7.38. The molecular formula is C26H25F2N3O3S. The van der Waals surface area contributed by atoms with Crippen molar-refractivity contribution in [1.82, 2.24) is 14.1 Å². The third-order valence-corrected chi connectivity index (χ3v) is 9.24. The maximum absolute atomic E-state index is 14.3. The molecule has 9 heteroatoms. The quantitative estimate of drug-likeness (QED) is 0.454. The molecule has 2 aliphatic carbocycles. The van der Waals surface area contributed by atoms with Crippen LogP contribution in [0.5, 0.6) is 0 Å². The van der Waals surface area contributed by atoms with Crippen molar-refractivity contribution in [2.24, 2.45) is 11.3 Å². The van der Waals surface area contributed by atoms with Gasteiger partial charge in [0.25, 0.3) is 0 Å². The van der Waals surface area contributed by atoms with Crippen molar-refractivity contribution in [1.29, 1.82) is 0 Å². The molecule has 2 aliphatic rings. The largest absolute Gasteiger partial charge is 0.302 e. The molecule has 1 heterocycles.